The van der Waals surface area contributed by atoms with Crippen LogP contribution in [0.1, 0.15) is 17.7 Å². The fourth-order valence-corrected chi connectivity index (χ4v) is 2.87. The molecular weight excluding hydrogens is 264 g/mol. The van der Waals surface area contributed by atoms with Crippen LogP contribution in [0.15, 0.2) is 17.5 Å². The molecule has 0 bridgehead atoms. The molecule has 19 heavy (non-hydrogen) atoms. The Morgan fingerprint density at radius 2 is 2.47 bits per heavy atom. The molecule has 5 nitrogen and oxygen atoms in total. The zero-order valence-electron chi connectivity index (χ0n) is 10.9. The molecule has 2 amide bonds. The molecule has 1 saturated heterocycles. The van der Waals surface area contributed by atoms with E-state index in [0.29, 0.717) is 32.5 Å². The van der Waals surface area contributed by atoms with Crippen LogP contribution in [-0.4, -0.2) is 43.0 Å². The molecule has 1 fully saturated rings. The minimum Gasteiger partial charge on any atom is -0.383 e. The van der Waals surface area contributed by atoms with E-state index < -0.39 is 0 Å². The third kappa shape index (κ3) is 3.54. The number of hydrogen-bond donors (Lipinski definition) is 1. The van der Waals surface area contributed by atoms with Gasteiger partial charge >= 0.3 is 0 Å². The number of hydrogen-bond acceptors (Lipinski definition) is 4. The zero-order valence-corrected chi connectivity index (χ0v) is 11.7. The third-order valence-corrected chi connectivity index (χ3v) is 4.00. The number of nitrogens with zero attached hydrogens (tertiary/aromatic N) is 1. The first-order chi connectivity index (χ1) is 9.22. The van der Waals surface area contributed by atoms with Crippen molar-refractivity contribution in [2.75, 3.05) is 20.3 Å². The predicted molar refractivity (Wildman–Crippen MR) is 72.8 cm³/mol. The van der Waals surface area contributed by atoms with Crippen molar-refractivity contribution in [3.63, 3.8) is 0 Å². The number of nitrogens with one attached hydrogen (secondary N) is 1. The van der Waals surface area contributed by atoms with E-state index in [1.165, 1.54) is 0 Å². The third-order valence-electron chi connectivity index (χ3n) is 3.14. The number of rotatable bonds is 6. The van der Waals surface area contributed by atoms with Crippen molar-refractivity contribution in [3.05, 3.63) is 22.4 Å². The summed E-state index contributed by atoms with van der Waals surface area (Å²) >= 11 is 1.60. The second-order valence-corrected chi connectivity index (χ2v) is 5.47. The molecule has 1 aliphatic rings. The summed E-state index contributed by atoms with van der Waals surface area (Å²) in [5, 5.41) is 4.78. The van der Waals surface area contributed by atoms with E-state index in [0.717, 1.165) is 4.88 Å². The number of likely N-dealkylation sites (tertiary alicyclic amines) is 1. The average molecular weight is 282 g/mol. The lowest BCUT2D eigenvalue weighted by Crippen LogP contribution is -2.45. The maximum atomic E-state index is 12.0. The maximum Gasteiger partial charge on any atom is 0.242 e. The summed E-state index contributed by atoms with van der Waals surface area (Å²) in [5.41, 5.74) is 0. The molecule has 1 aliphatic heterocycles. The Balaban J connectivity index is 1.94. The summed E-state index contributed by atoms with van der Waals surface area (Å²) in [6, 6.07) is 3.59. The first-order valence-corrected chi connectivity index (χ1v) is 7.19. The summed E-state index contributed by atoms with van der Waals surface area (Å²) in [6.45, 7) is 1.49. The summed E-state index contributed by atoms with van der Waals surface area (Å²) < 4.78 is 4.89. The van der Waals surface area contributed by atoms with Gasteiger partial charge in [0.05, 0.1) is 13.2 Å². The van der Waals surface area contributed by atoms with Gasteiger partial charge in [-0.1, -0.05) is 6.07 Å². The molecule has 0 saturated carbocycles. The monoisotopic (exact) mass is 282 g/mol. The Morgan fingerprint density at radius 1 is 1.63 bits per heavy atom. The Labute approximate surface area is 116 Å². The van der Waals surface area contributed by atoms with Gasteiger partial charge in [0.2, 0.25) is 11.8 Å². The van der Waals surface area contributed by atoms with Crippen LogP contribution in [0.5, 0.6) is 0 Å². The standard InChI is InChI=1S/C13H18N2O3S/c1-18-7-6-14-13(17)11-4-5-12(16)15(11)9-10-3-2-8-19-10/h2-3,8,11H,4-7,9H2,1H3,(H,14,17)/t11-/m1/s1. The molecule has 0 spiro atoms. The minimum absolute atomic E-state index is 0.0558. The predicted octanol–water partition coefficient (Wildman–Crippen LogP) is 1.00. The van der Waals surface area contributed by atoms with E-state index in [-0.39, 0.29) is 17.9 Å². The largest absolute Gasteiger partial charge is 0.383 e. The highest BCUT2D eigenvalue weighted by Crippen LogP contribution is 2.23. The van der Waals surface area contributed by atoms with Crippen molar-refractivity contribution in [3.8, 4) is 0 Å². The Kier molecular flexibility index (Phi) is 4.93. The highest BCUT2D eigenvalue weighted by molar-refractivity contribution is 7.09. The van der Waals surface area contributed by atoms with Crippen LogP contribution in [0.2, 0.25) is 0 Å². The van der Waals surface area contributed by atoms with Gasteiger partial charge in [-0.2, -0.15) is 0 Å². The van der Waals surface area contributed by atoms with Crippen LogP contribution >= 0.6 is 11.3 Å². The van der Waals surface area contributed by atoms with Gasteiger partial charge in [-0.25, -0.2) is 0 Å². The molecule has 1 aromatic rings. The van der Waals surface area contributed by atoms with Crippen molar-refractivity contribution in [2.24, 2.45) is 0 Å². The van der Waals surface area contributed by atoms with E-state index in [1.807, 2.05) is 17.5 Å². The second-order valence-electron chi connectivity index (χ2n) is 4.44. The SMILES string of the molecule is COCCNC(=O)[C@H]1CCC(=O)N1Cc1cccs1. The summed E-state index contributed by atoms with van der Waals surface area (Å²) in [4.78, 5) is 26.7. The van der Waals surface area contributed by atoms with Gasteiger partial charge in [-0.15, -0.1) is 11.3 Å². The summed E-state index contributed by atoms with van der Waals surface area (Å²) in [5.74, 6) is -0.0280. The Bertz CT molecular complexity index is 433. The van der Waals surface area contributed by atoms with Crippen LogP contribution < -0.4 is 5.32 Å². The van der Waals surface area contributed by atoms with Gasteiger partial charge in [0.25, 0.3) is 0 Å². The Morgan fingerprint density at radius 3 is 3.16 bits per heavy atom. The van der Waals surface area contributed by atoms with Crippen LogP contribution in [0.4, 0.5) is 0 Å². The molecule has 2 heterocycles. The normalized spacial score (nSPS) is 18.9. The lowest BCUT2D eigenvalue weighted by atomic mass is 10.2. The van der Waals surface area contributed by atoms with E-state index in [2.05, 4.69) is 5.32 Å². The summed E-state index contributed by atoms with van der Waals surface area (Å²) in [7, 11) is 1.59. The zero-order chi connectivity index (χ0) is 13.7. The summed E-state index contributed by atoms with van der Waals surface area (Å²) in [6.07, 6.45) is 1.05. The van der Waals surface area contributed by atoms with Gasteiger partial charge in [-0.3, -0.25) is 9.59 Å². The van der Waals surface area contributed by atoms with Crippen molar-refractivity contribution in [1.29, 1.82) is 0 Å². The lowest BCUT2D eigenvalue weighted by molar-refractivity contribution is -0.135. The molecule has 104 valence electrons. The van der Waals surface area contributed by atoms with Crippen LogP contribution in [-0.2, 0) is 20.9 Å². The minimum atomic E-state index is -0.341. The molecule has 1 atom stereocenters. The topological polar surface area (TPSA) is 58.6 Å². The van der Waals surface area contributed by atoms with Crippen LogP contribution in [0, 0.1) is 0 Å². The maximum absolute atomic E-state index is 12.0. The van der Waals surface area contributed by atoms with Gasteiger partial charge < -0.3 is 15.0 Å². The number of carbonyl (C=O) groups is 2. The molecule has 0 aromatic carbocycles. The van der Waals surface area contributed by atoms with Gasteiger partial charge in [0, 0.05) is 25.0 Å². The number of thiophene rings is 1. The molecule has 2 rings (SSSR count). The fourth-order valence-electron chi connectivity index (χ4n) is 2.17. The molecule has 0 unspecified atom stereocenters. The van der Waals surface area contributed by atoms with Crippen molar-refractivity contribution in [1.82, 2.24) is 10.2 Å². The highest BCUT2D eigenvalue weighted by Gasteiger charge is 2.35. The molecule has 0 aliphatic carbocycles. The first kappa shape index (κ1) is 14.0. The Hall–Kier alpha value is -1.40. The average Bonchev–Trinajstić information content (AvgIpc) is 3.02. The molecule has 0 radical (unpaired) electrons. The lowest BCUT2D eigenvalue weighted by Gasteiger charge is -2.23. The van der Waals surface area contributed by atoms with Gasteiger partial charge in [0.15, 0.2) is 0 Å². The second kappa shape index (κ2) is 6.68. The first-order valence-electron chi connectivity index (χ1n) is 6.31. The van der Waals surface area contributed by atoms with E-state index >= 15 is 0 Å². The highest BCUT2D eigenvalue weighted by atomic mass is 32.1. The molecule has 6 heteroatoms. The molecule has 1 N–H and O–H groups in total. The van der Waals surface area contributed by atoms with Crippen molar-refractivity contribution < 1.29 is 14.3 Å². The van der Waals surface area contributed by atoms with Gasteiger partial charge in [0.1, 0.15) is 6.04 Å². The fraction of sp³-hybridized carbons (Fsp3) is 0.538. The smallest absolute Gasteiger partial charge is 0.242 e. The van der Waals surface area contributed by atoms with E-state index in [1.54, 1.807) is 23.3 Å². The number of ether oxygens (including phenoxy) is 1. The van der Waals surface area contributed by atoms with Crippen LogP contribution in [0.3, 0.4) is 0 Å². The van der Waals surface area contributed by atoms with Crippen molar-refractivity contribution in [2.45, 2.75) is 25.4 Å². The quantitative estimate of drug-likeness (QED) is 0.792. The van der Waals surface area contributed by atoms with Gasteiger partial charge in [-0.05, 0) is 17.9 Å². The number of amides is 2. The van der Waals surface area contributed by atoms with E-state index in [9.17, 15) is 9.59 Å². The number of methoxy groups -OCH3 is 1. The van der Waals surface area contributed by atoms with Crippen LogP contribution in [0.25, 0.3) is 0 Å². The number of carbonyl (C=O) groups excluding carboxylic acids is 2. The molecular formula is C13H18N2O3S. The van der Waals surface area contributed by atoms with Crippen molar-refractivity contribution >= 4 is 23.2 Å². The van der Waals surface area contributed by atoms with E-state index in [4.69, 9.17) is 4.74 Å². The molecule has 1 aromatic heterocycles.